The summed E-state index contributed by atoms with van der Waals surface area (Å²) >= 11 is 0. The maximum atomic E-state index is 13.4. The molecule has 0 aliphatic carbocycles. The number of pyridine rings is 1. The lowest BCUT2D eigenvalue weighted by Crippen LogP contribution is -2.11. The summed E-state index contributed by atoms with van der Waals surface area (Å²) in [6.07, 6.45) is 0. The molecule has 2 aromatic rings. The van der Waals surface area contributed by atoms with Crippen molar-refractivity contribution in [3.63, 3.8) is 0 Å². The zero-order valence-corrected chi connectivity index (χ0v) is 9.58. The van der Waals surface area contributed by atoms with Crippen LogP contribution in [-0.4, -0.2) is 4.98 Å². The number of hydrazine groups is 1. The van der Waals surface area contributed by atoms with Crippen LogP contribution in [-0.2, 0) is 0 Å². The topological polar surface area (TPSA) is 60.2 Å². The van der Waals surface area contributed by atoms with Crippen LogP contribution in [0.25, 0.3) is 0 Å². The highest BCUT2D eigenvalue weighted by molar-refractivity contribution is 5.40. The fraction of sp³-hybridized carbons (Fsp3) is 0.0833. The van der Waals surface area contributed by atoms with Gasteiger partial charge in [0.2, 0.25) is 0 Å². The van der Waals surface area contributed by atoms with Gasteiger partial charge in [-0.1, -0.05) is 17.7 Å². The molecule has 1 aromatic heterocycles. The van der Waals surface area contributed by atoms with Gasteiger partial charge in [-0.05, 0) is 19.1 Å². The lowest BCUT2D eigenvalue weighted by atomic mass is 10.2. The van der Waals surface area contributed by atoms with E-state index in [0.29, 0.717) is 11.8 Å². The minimum absolute atomic E-state index is 0.279. The molecule has 18 heavy (non-hydrogen) atoms. The zero-order valence-electron chi connectivity index (χ0n) is 9.58. The summed E-state index contributed by atoms with van der Waals surface area (Å²) in [6, 6.07) is 7.59. The number of nitrogens with zero attached hydrogens (tertiary/aromatic N) is 1. The van der Waals surface area contributed by atoms with Crippen molar-refractivity contribution in [1.82, 2.24) is 4.98 Å². The summed E-state index contributed by atoms with van der Waals surface area (Å²) in [7, 11) is 0. The second kappa shape index (κ2) is 4.97. The largest absolute Gasteiger partial charge is 0.436 e. The minimum Gasteiger partial charge on any atom is -0.436 e. The summed E-state index contributed by atoms with van der Waals surface area (Å²) in [5.74, 6) is 3.06. The molecule has 0 unspecified atom stereocenters. The van der Waals surface area contributed by atoms with Gasteiger partial charge in [0.05, 0.1) is 0 Å². The summed E-state index contributed by atoms with van der Waals surface area (Å²) in [5.41, 5.74) is 3.07. The van der Waals surface area contributed by atoms with E-state index in [1.807, 2.05) is 12.3 Å². The van der Waals surface area contributed by atoms with Crippen LogP contribution in [0.4, 0.5) is 14.6 Å². The second-order valence-corrected chi connectivity index (χ2v) is 3.67. The number of aromatic nitrogens is 1. The highest BCUT2D eigenvalue weighted by Crippen LogP contribution is 2.25. The normalized spacial score (nSPS) is 10.2. The molecule has 0 spiro atoms. The third-order valence-corrected chi connectivity index (χ3v) is 2.27. The smallest absolute Gasteiger partial charge is 0.258 e. The van der Waals surface area contributed by atoms with Crippen molar-refractivity contribution in [3.8, 4) is 11.6 Å². The van der Waals surface area contributed by atoms with E-state index in [1.54, 1.807) is 24.3 Å². The van der Waals surface area contributed by atoms with Crippen molar-refractivity contribution < 1.29 is 13.5 Å². The molecule has 6 heteroatoms. The number of hydrogen-bond acceptors (Lipinski definition) is 4. The number of benzene rings is 1. The number of halogens is 2. The van der Waals surface area contributed by atoms with Gasteiger partial charge in [-0.2, -0.15) is 4.98 Å². The van der Waals surface area contributed by atoms with Crippen LogP contribution in [0.5, 0.6) is 11.6 Å². The van der Waals surface area contributed by atoms with Crippen molar-refractivity contribution in [2.75, 3.05) is 5.43 Å². The van der Waals surface area contributed by atoms with Crippen molar-refractivity contribution >= 4 is 5.82 Å². The van der Waals surface area contributed by atoms with E-state index in [0.717, 1.165) is 5.56 Å². The van der Waals surface area contributed by atoms with E-state index in [9.17, 15) is 8.78 Å². The second-order valence-electron chi connectivity index (χ2n) is 3.67. The van der Waals surface area contributed by atoms with Crippen LogP contribution in [0.2, 0.25) is 0 Å². The molecule has 0 saturated carbocycles. The monoisotopic (exact) mass is 251 g/mol. The first-order valence-electron chi connectivity index (χ1n) is 5.17. The number of nitrogen functional groups attached to an aromatic ring is 1. The molecule has 0 atom stereocenters. The number of aryl methyl sites for hydroxylation is 1. The first kappa shape index (κ1) is 12.3. The predicted octanol–water partition coefficient (Wildman–Crippen LogP) is 2.75. The quantitative estimate of drug-likeness (QED) is 0.650. The molecule has 4 nitrogen and oxygen atoms in total. The third-order valence-electron chi connectivity index (χ3n) is 2.27. The van der Waals surface area contributed by atoms with Gasteiger partial charge in [-0.25, -0.2) is 14.6 Å². The average molecular weight is 251 g/mol. The van der Waals surface area contributed by atoms with E-state index < -0.39 is 11.6 Å². The van der Waals surface area contributed by atoms with Crippen molar-refractivity contribution in [2.45, 2.75) is 6.92 Å². The first-order valence-corrected chi connectivity index (χ1v) is 5.17. The summed E-state index contributed by atoms with van der Waals surface area (Å²) in [5, 5.41) is 0. The van der Waals surface area contributed by atoms with Gasteiger partial charge in [-0.3, -0.25) is 0 Å². The fourth-order valence-corrected chi connectivity index (χ4v) is 1.34. The molecule has 3 N–H and O–H groups in total. The molecule has 2 rings (SSSR count). The van der Waals surface area contributed by atoms with E-state index in [-0.39, 0.29) is 11.7 Å². The molecule has 0 bridgehead atoms. The molecule has 0 saturated heterocycles. The van der Waals surface area contributed by atoms with Crippen molar-refractivity contribution in [1.29, 1.82) is 0 Å². The molecule has 94 valence electrons. The van der Waals surface area contributed by atoms with Gasteiger partial charge in [0.1, 0.15) is 5.75 Å². The molecule has 0 radical (unpaired) electrons. The number of rotatable bonds is 3. The van der Waals surface area contributed by atoms with Crippen LogP contribution >= 0.6 is 0 Å². The summed E-state index contributed by atoms with van der Waals surface area (Å²) in [6.45, 7) is 1.91. The Balaban J connectivity index is 2.31. The number of hydrogen-bond donors (Lipinski definition) is 2. The molecular formula is C12H11F2N3O. The fourth-order valence-electron chi connectivity index (χ4n) is 1.34. The Kier molecular flexibility index (Phi) is 3.38. The minimum atomic E-state index is -0.896. The highest BCUT2D eigenvalue weighted by atomic mass is 19.1. The number of nitrogens with two attached hydrogens (primary N) is 1. The van der Waals surface area contributed by atoms with Crippen LogP contribution in [0.1, 0.15) is 5.56 Å². The number of nitrogens with one attached hydrogen (secondary N) is 1. The van der Waals surface area contributed by atoms with Crippen molar-refractivity contribution in [3.05, 3.63) is 47.5 Å². The van der Waals surface area contributed by atoms with E-state index >= 15 is 0 Å². The maximum Gasteiger partial charge on any atom is 0.258 e. The Morgan fingerprint density at radius 1 is 1.17 bits per heavy atom. The first-order chi connectivity index (χ1) is 8.60. The molecule has 1 aromatic carbocycles. The lowest BCUT2D eigenvalue weighted by molar-refractivity contribution is 0.418. The van der Waals surface area contributed by atoms with Gasteiger partial charge >= 0.3 is 0 Å². The Morgan fingerprint density at radius 2 is 1.83 bits per heavy atom. The molecule has 0 amide bonds. The Morgan fingerprint density at radius 3 is 2.44 bits per heavy atom. The third kappa shape index (κ3) is 2.54. The SMILES string of the molecule is Cc1ccc(Oc2nc(NN)c(F)cc2F)cc1. The standard InChI is InChI=1S/C12H11F2N3O/c1-7-2-4-8(5-3-7)18-12-10(14)6-9(13)11(16-12)17-15/h2-6H,15H2,1H3,(H,16,17). The van der Waals surface area contributed by atoms with E-state index in [1.165, 1.54) is 0 Å². The zero-order chi connectivity index (χ0) is 13.1. The Hall–Kier alpha value is -2.21. The number of ether oxygens (including phenoxy) is 1. The van der Waals surface area contributed by atoms with Crippen LogP contribution < -0.4 is 16.0 Å². The van der Waals surface area contributed by atoms with Gasteiger partial charge in [-0.15, -0.1) is 0 Å². The molecule has 1 heterocycles. The molecule has 0 fully saturated rings. The van der Waals surface area contributed by atoms with E-state index in [2.05, 4.69) is 4.98 Å². The van der Waals surface area contributed by atoms with Crippen LogP contribution in [0, 0.1) is 18.6 Å². The van der Waals surface area contributed by atoms with Crippen LogP contribution in [0.3, 0.4) is 0 Å². The molecule has 0 aliphatic rings. The van der Waals surface area contributed by atoms with Gasteiger partial charge < -0.3 is 10.2 Å². The van der Waals surface area contributed by atoms with Gasteiger partial charge in [0, 0.05) is 6.07 Å². The Bertz CT molecular complexity index is 558. The maximum absolute atomic E-state index is 13.4. The Labute approximate surface area is 102 Å². The predicted molar refractivity (Wildman–Crippen MR) is 63.2 cm³/mol. The summed E-state index contributed by atoms with van der Waals surface area (Å²) in [4.78, 5) is 3.60. The van der Waals surface area contributed by atoms with Crippen LogP contribution in [0.15, 0.2) is 30.3 Å². The van der Waals surface area contributed by atoms with Crippen molar-refractivity contribution in [2.24, 2.45) is 5.84 Å². The van der Waals surface area contributed by atoms with Gasteiger partial charge in [0.15, 0.2) is 17.5 Å². The highest BCUT2D eigenvalue weighted by Gasteiger charge is 2.13. The van der Waals surface area contributed by atoms with E-state index in [4.69, 9.17) is 10.6 Å². The lowest BCUT2D eigenvalue weighted by Gasteiger charge is -2.08. The molecular weight excluding hydrogens is 240 g/mol. The average Bonchev–Trinajstić information content (AvgIpc) is 2.35. The number of anilines is 1. The summed E-state index contributed by atoms with van der Waals surface area (Å²) < 4.78 is 31.8. The van der Waals surface area contributed by atoms with Gasteiger partial charge in [0.25, 0.3) is 5.88 Å². The molecule has 0 aliphatic heterocycles.